The molecule has 0 aromatic rings. The number of carbonyl (C=O) groups excluding carboxylic acids is 1. The van der Waals surface area contributed by atoms with Gasteiger partial charge in [0.1, 0.15) is 12.2 Å². The first-order valence-electron chi connectivity index (χ1n) is 6.74. The summed E-state index contributed by atoms with van der Waals surface area (Å²) in [6.07, 6.45) is 1.15. The Balaban J connectivity index is 2.09. The number of ether oxygens (including phenoxy) is 4. The van der Waals surface area contributed by atoms with E-state index in [1.165, 1.54) is 0 Å². The molecule has 5 heteroatoms. The largest absolute Gasteiger partial charge is 0.463 e. The molecule has 0 bridgehead atoms. The van der Waals surface area contributed by atoms with Gasteiger partial charge in [-0.15, -0.1) is 0 Å². The third-order valence-corrected chi connectivity index (χ3v) is 3.36. The predicted molar refractivity (Wildman–Crippen MR) is 68.5 cm³/mol. The molecule has 19 heavy (non-hydrogen) atoms. The lowest BCUT2D eigenvalue weighted by Crippen LogP contribution is -2.32. The molecule has 2 heterocycles. The van der Waals surface area contributed by atoms with E-state index in [9.17, 15) is 4.79 Å². The molecule has 0 aromatic carbocycles. The van der Waals surface area contributed by atoms with Crippen LogP contribution in [0.3, 0.4) is 0 Å². The lowest BCUT2D eigenvalue weighted by atomic mass is 9.96. The van der Waals surface area contributed by atoms with Crippen molar-refractivity contribution < 1.29 is 23.7 Å². The normalized spacial score (nSPS) is 35.8. The fourth-order valence-electron chi connectivity index (χ4n) is 2.45. The quantitative estimate of drug-likeness (QED) is 0.576. The maximum Gasteiger partial charge on any atom is 0.330 e. The molecule has 0 spiro atoms. The average Bonchev–Trinajstić information content (AvgIpc) is 2.84. The van der Waals surface area contributed by atoms with Gasteiger partial charge < -0.3 is 18.9 Å². The first kappa shape index (κ1) is 14.5. The molecular weight excluding hydrogens is 248 g/mol. The van der Waals surface area contributed by atoms with Gasteiger partial charge in [0, 0.05) is 12.0 Å². The third kappa shape index (κ3) is 3.35. The zero-order valence-corrected chi connectivity index (χ0v) is 12.0. The summed E-state index contributed by atoms with van der Waals surface area (Å²) in [7, 11) is 0. The molecule has 0 radical (unpaired) electrons. The SMILES string of the molecule is CCOC(=O)C=C1[C@@H](C)CO[C@@H]1[C@H]1COC(C)(C)O1. The molecule has 2 fully saturated rings. The maximum absolute atomic E-state index is 11.6. The van der Waals surface area contributed by atoms with E-state index >= 15 is 0 Å². The van der Waals surface area contributed by atoms with Crippen LogP contribution in [0.5, 0.6) is 0 Å². The second-order valence-corrected chi connectivity index (χ2v) is 5.42. The minimum Gasteiger partial charge on any atom is -0.463 e. The van der Waals surface area contributed by atoms with Gasteiger partial charge in [-0.3, -0.25) is 0 Å². The van der Waals surface area contributed by atoms with Gasteiger partial charge in [0.05, 0.1) is 19.8 Å². The number of hydrogen-bond donors (Lipinski definition) is 0. The Morgan fingerprint density at radius 1 is 1.47 bits per heavy atom. The van der Waals surface area contributed by atoms with Gasteiger partial charge in [0.2, 0.25) is 0 Å². The molecule has 0 amide bonds. The molecule has 0 aliphatic carbocycles. The molecule has 2 aliphatic rings. The second kappa shape index (κ2) is 5.61. The van der Waals surface area contributed by atoms with Gasteiger partial charge in [-0.05, 0) is 26.3 Å². The maximum atomic E-state index is 11.6. The highest BCUT2D eigenvalue weighted by atomic mass is 16.7. The van der Waals surface area contributed by atoms with E-state index in [1.807, 2.05) is 20.8 Å². The minimum atomic E-state index is -0.588. The number of carbonyl (C=O) groups is 1. The van der Waals surface area contributed by atoms with E-state index in [4.69, 9.17) is 18.9 Å². The lowest BCUT2D eigenvalue weighted by molar-refractivity contribution is -0.149. The van der Waals surface area contributed by atoms with Crippen molar-refractivity contribution in [3.8, 4) is 0 Å². The highest BCUT2D eigenvalue weighted by molar-refractivity contribution is 5.83. The molecule has 0 saturated carbocycles. The van der Waals surface area contributed by atoms with Crippen LogP contribution in [-0.4, -0.2) is 43.8 Å². The topological polar surface area (TPSA) is 54.0 Å². The van der Waals surface area contributed by atoms with Crippen LogP contribution in [0.1, 0.15) is 27.7 Å². The standard InChI is InChI=1S/C14H22O5/c1-5-16-12(15)6-10-9(2)7-17-13(10)11-8-18-14(3,4)19-11/h6,9,11,13H,5,7-8H2,1-4H3/t9-,11+,13-/m0/s1. The van der Waals surface area contributed by atoms with Gasteiger partial charge in [-0.2, -0.15) is 0 Å². The number of rotatable bonds is 3. The van der Waals surface area contributed by atoms with Crippen LogP contribution in [0.4, 0.5) is 0 Å². The number of hydrogen-bond acceptors (Lipinski definition) is 5. The molecule has 2 rings (SSSR count). The third-order valence-electron chi connectivity index (χ3n) is 3.36. The molecule has 0 unspecified atom stereocenters. The van der Waals surface area contributed by atoms with Crippen molar-refractivity contribution in [3.63, 3.8) is 0 Å². The van der Waals surface area contributed by atoms with Crippen molar-refractivity contribution in [2.45, 2.75) is 45.7 Å². The Hall–Kier alpha value is -0.910. The monoisotopic (exact) mass is 270 g/mol. The fourth-order valence-corrected chi connectivity index (χ4v) is 2.45. The summed E-state index contributed by atoms with van der Waals surface area (Å²) in [5.41, 5.74) is 0.935. The van der Waals surface area contributed by atoms with Crippen LogP contribution in [0.25, 0.3) is 0 Å². The van der Waals surface area contributed by atoms with Crippen molar-refractivity contribution in [2.24, 2.45) is 5.92 Å². The Bertz CT molecular complexity index is 374. The second-order valence-electron chi connectivity index (χ2n) is 5.42. The summed E-state index contributed by atoms with van der Waals surface area (Å²) in [6.45, 7) is 9.02. The van der Waals surface area contributed by atoms with Crippen molar-refractivity contribution in [2.75, 3.05) is 19.8 Å². The Morgan fingerprint density at radius 3 is 2.79 bits per heavy atom. The zero-order chi connectivity index (χ0) is 14.0. The number of esters is 1. The first-order chi connectivity index (χ1) is 8.93. The molecular formula is C14H22O5. The summed E-state index contributed by atoms with van der Waals surface area (Å²) >= 11 is 0. The van der Waals surface area contributed by atoms with Crippen LogP contribution >= 0.6 is 0 Å². The Morgan fingerprint density at radius 2 is 2.21 bits per heavy atom. The molecule has 0 aromatic heterocycles. The van der Waals surface area contributed by atoms with E-state index in [1.54, 1.807) is 13.0 Å². The van der Waals surface area contributed by atoms with Gasteiger partial charge in [-0.1, -0.05) is 6.92 Å². The summed E-state index contributed by atoms with van der Waals surface area (Å²) in [5, 5.41) is 0. The van der Waals surface area contributed by atoms with Crippen molar-refractivity contribution in [1.82, 2.24) is 0 Å². The van der Waals surface area contributed by atoms with Crippen molar-refractivity contribution in [1.29, 1.82) is 0 Å². The van der Waals surface area contributed by atoms with E-state index in [2.05, 4.69) is 0 Å². The van der Waals surface area contributed by atoms with Crippen molar-refractivity contribution >= 4 is 5.97 Å². The van der Waals surface area contributed by atoms with Gasteiger partial charge in [0.25, 0.3) is 0 Å². The van der Waals surface area contributed by atoms with Crippen LogP contribution in [0.2, 0.25) is 0 Å². The first-order valence-corrected chi connectivity index (χ1v) is 6.74. The highest BCUT2D eigenvalue weighted by Gasteiger charge is 2.43. The molecule has 3 atom stereocenters. The van der Waals surface area contributed by atoms with E-state index < -0.39 is 5.79 Å². The van der Waals surface area contributed by atoms with E-state index in [0.717, 1.165) is 5.57 Å². The zero-order valence-electron chi connectivity index (χ0n) is 12.0. The van der Waals surface area contributed by atoms with Crippen LogP contribution in [0, 0.1) is 5.92 Å². The summed E-state index contributed by atoms with van der Waals surface area (Å²) in [6, 6.07) is 0. The van der Waals surface area contributed by atoms with E-state index in [0.29, 0.717) is 19.8 Å². The van der Waals surface area contributed by atoms with Crippen LogP contribution in [-0.2, 0) is 23.7 Å². The molecule has 2 saturated heterocycles. The summed E-state index contributed by atoms with van der Waals surface area (Å²) < 4.78 is 22.1. The van der Waals surface area contributed by atoms with Crippen LogP contribution < -0.4 is 0 Å². The van der Waals surface area contributed by atoms with Crippen molar-refractivity contribution in [3.05, 3.63) is 11.6 Å². The molecule has 2 aliphatic heterocycles. The summed E-state index contributed by atoms with van der Waals surface area (Å²) in [4.78, 5) is 11.6. The predicted octanol–water partition coefficient (Wildman–Crippen LogP) is 1.66. The van der Waals surface area contributed by atoms with Gasteiger partial charge in [-0.25, -0.2) is 4.79 Å². The smallest absolute Gasteiger partial charge is 0.330 e. The Kier molecular flexibility index (Phi) is 4.28. The highest BCUT2D eigenvalue weighted by Crippen LogP contribution is 2.34. The Labute approximate surface area is 113 Å². The average molecular weight is 270 g/mol. The van der Waals surface area contributed by atoms with Gasteiger partial charge in [0.15, 0.2) is 5.79 Å². The summed E-state index contributed by atoms with van der Waals surface area (Å²) in [5.74, 6) is -0.714. The minimum absolute atomic E-state index is 0.166. The molecule has 0 N–H and O–H groups in total. The molecule has 5 nitrogen and oxygen atoms in total. The van der Waals surface area contributed by atoms with E-state index in [-0.39, 0.29) is 24.1 Å². The van der Waals surface area contributed by atoms with Gasteiger partial charge >= 0.3 is 5.97 Å². The van der Waals surface area contributed by atoms with Crippen LogP contribution in [0.15, 0.2) is 11.6 Å². The lowest BCUT2D eigenvalue weighted by Gasteiger charge is -2.21. The molecule has 108 valence electrons. The fraction of sp³-hybridized carbons (Fsp3) is 0.786.